The Morgan fingerprint density at radius 1 is 0.639 bits per heavy atom. The number of carbonyl (C=O) groups is 1. The molecule has 0 saturated carbocycles. The van der Waals surface area contributed by atoms with Crippen molar-refractivity contribution < 1.29 is 22.4 Å². The molecular formula is C44H36F2N12O3. The normalized spacial score (nSPS) is 16.7. The van der Waals surface area contributed by atoms with Crippen LogP contribution in [-0.2, 0) is 4.79 Å². The first-order chi connectivity index (χ1) is 29.9. The second kappa shape index (κ2) is 14.6. The molecule has 0 aliphatic carbocycles. The summed E-state index contributed by atoms with van der Waals surface area (Å²) >= 11 is 0. The van der Waals surface area contributed by atoms with Crippen LogP contribution in [0.25, 0.3) is 68.0 Å². The van der Waals surface area contributed by atoms with E-state index in [1.807, 2.05) is 67.2 Å². The second-order valence-corrected chi connectivity index (χ2v) is 15.3. The summed E-state index contributed by atoms with van der Waals surface area (Å²) in [4.78, 5) is 22.9. The predicted octanol–water partition coefficient (Wildman–Crippen LogP) is 7.30. The van der Waals surface area contributed by atoms with Gasteiger partial charge in [0.15, 0.2) is 11.3 Å². The average molecular weight is 819 g/mol. The molecule has 304 valence electrons. The second-order valence-electron chi connectivity index (χ2n) is 15.3. The van der Waals surface area contributed by atoms with Crippen LogP contribution in [0, 0.1) is 11.6 Å². The number of hydrogen-bond donors (Lipinski definition) is 1. The van der Waals surface area contributed by atoms with E-state index in [4.69, 9.17) is 8.83 Å². The minimum Gasteiger partial charge on any atom is -0.432 e. The fourth-order valence-electron chi connectivity index (χ4n) is 8.53. The third-order valence-corrected chi connectivity index (χ3v) is 11.6. The van der Waals surface area contributed by atoms with Crippen LogP contribution in [0.2, 0.25) is 0 Å². The molecule has 61 heavy (non-hydrogen) atoms. The molecule has 2 saturated heterocycles. The molecule has 0 radical (unpaired) electrons. The molecule has 2 unspecified atom stereocenters. The van der Waals surface area contributed by atoms with Crippen LogP contribution in [-0.4, -0.2) is 85.0 Å². The number of imidazole rings is 2. The van der Waals surface area contributed by atoms with E-state index in [9.17, 15) is 13.6 Å². The quantitative estimate of drug-likeness (QED) is 0.181. The Morgan fingerprint density at radius 2 is 1.15 bits per heavy atom. The Bertz CT molecular complexity index is 3220. The third kappa shape index (κ3) is 6.40. The average Bonchev–Trinajstić information content (AvgIpc) is 4.10. The molecule has 0 bridgehead atoms. The van der Waals surface area contributed by atoms with Crippen molar-refractivity contribution in [2.75, 3.05) is 26.2 Å². The molecule has 15 nitrogen and oxygen atoms in total. The number of halogens is 2. The molecule has 10 heterocycles. The van der Waals surface area contributed by atoms with Gasteiger partial charge in [-0.2, -0.15) is 9.97 Å². The summed E-state index contributed by atoms with van der Waals surface area (Å²) in [6.45, 7) is 4.85. The number of rotatable bonds is 6. The zero-order chi connectivity index (χ0) is 41.2. The Labute approximate surface area is 344 Å². The number of nitrogens with zero attached hydrogens (tertiary/aromatic N) is 11. The van der Waals surface area contributed by atoms with E-state index in [0.717, 1.165) is 94.8 Å². The van der Waals surface area contributed by atoms with E-state index in [0.29, 0.717) is 29.8 Å². The number of pyridine rings is 2. The van der Waals surface area contributed by atoms with Gasteiger partial charge in [0.25, 0.3) is 0 Å². The van der Waals surface area contributed by atoms with Gasteiger partial charge in [0.1, 0.15) is 47.2 Å². The van der Waals surface area contributed by atoms with Gasteiger partial charge in [-0.15, -0.1) is 20.4 Å². The molecule has 0 spiro atoms. The van der Waals surface area contributed by atoms with E-state index in [-0.39, 0.29) is 23.5 Å². The first-order valence-electron chi connectivity index (χ1n) is 20.0. The Kier molecular flexibility index (Phi) is 8.76. The largest absolute Gasteiger partial charge is 0.432 e. The van der Waals surface area contributed by atoms with Crippen LogP contribution in [0.5, 0.6) is 0 Å². The van der Waals surface area contributed by atoms with Crippen molar-refractivity contribution in [3.05, 3.63) is 133 Å². The summed E-state index contributed by atoms with van der Waals surface area (Å²) in [5.74, 6) is 2.71. The Balaban J connectivity index is 0.000000138. The number of carbonyl (C=O) groups excluding carboxylic acids is 1. The van der Waals surface area contributed by atoms with Crippen molar-refractivity contribution in [1.82, 2.24) is 58.2 Å². The van der Waals surface area contributed by atoms with Crippen LogP contribution < -0.4 is 5.32 Å². The van der Waals surface area contributed by atoms with E-state index in [1.54, 1.807) is 43.7 Å². The highest BCUT2D eigenvalue weighted by Gasteiger charge is 2.30. The van der Waals surface area contributed by atoms with Crippen molar-refractivity contribution in [3.8, 4) is 45.0 Å². The fourth-order valence-corrected chi connectivity index (χ4v) is 8.53. The number of likely N-dealkylation sites (tertiary alicyclic amines) is 1. The molecule has 2 aliphatic heterocycles. The van der Waals surface area contributed by atoms with Gasteiger partial charge in [-0.25, -0.2) is 8.78 Å². The standard InChI is InChI=1S/C23H19FN6O2.C21H17FN6O/c1-14(31)28-9-8-17(12-28)22-27-26-19-7-4-16(13-30(19)22)21-20(15-2-5-18(24)6-3-15)25-23-29(21)10-11-32-23;22-16-4-1-13(2-5-16)18-19(27-9-10-29-21(27)24-18)15-3-6-17-25-26-20(28(17)12-15)14-7-8-23-11-14/h2-7,10-11,13,17H,8-9,12H2,1H3;1-6,9-10,12,14,23H,7-8,11H2. The van der Waals surface area contributed by atoms with Crippen LogP contribution in [0.1, 0.15) is 43.3 Å². The number of fused-ring (bicyclic) bond motifs is 4. The Hall–Kier alpha value is -7.53. The van der Waals surface area contributed by atoms with Gasteiger partial charge >= 0.3 is 11.7 Å². The van der Waals surface area contributed by atoms with Gasteiger partial charge in [-0.05, 0) is 92.2 Å². The number of aromatic nitrogens is 10. The molecule has 2 aromatic carbocycles. The maximum absolute atomic E-state index is 13.5. The molecule has 1 amide bonds. The summed E-state index contributed by atoms with van der Waals surface area (Å²) in [5.41, 5.74) is 8.16. The lowest BCUT2D eigenvalue weighted by molar-refractivity contribution is -0.127. The molecular weight excluding hydrogens is 783 g/mol. The first-order valence-corrected chi connectivity index (χ1v) is 20.0. The molecule has 2 aliphatic rings. The number of oxazole rings is 2. The van der Waals surface area contributed by atoms with E-state index in [1.165, 1.54) is 24.3 Å². The molecule has 10 aromatic rings. The van der Waals surface area contributed by atoms with Gasteiger partial charge in [0.2, 0.25) is 5.91 Å². The van der Waals surface area contributed by atoms with Crippen molar-refractivity contribution >= 4 is 28.9 Å². The maximum atomic E-state index is 13.5. The number of benzene rings is 2. The van der Waals surface area contributed by atoms with Crippen LogP contribution >= 0.6 is 0 Å². The van der Waals surface area contributed by atoms with E-state index >= 15 is 0 Å². The summed E-state index contributed by atoms with van der Waals surface area (Å²) in [7, 11) is 0. The van der Waals surface area contributed by atoms with Crippen molar-refractivity contribution in [1.29, 1.82) is 0 Å². The molecule has 2 fully saturated rings. The molecule has 17 heteroatoms. The Morgan fingerprint density at radius 3 is 1.62 bits per heavy atom. The monoisotopic (exact) mass is 818 g/mol. The van der Waals surface area contributed by atoms with Gasteiger partial charge in [-0.1, -0.05) is 0 Å². The van der Waals surface area contributed by atoms with E-state index in [2.05, 4.69) is 40.1 Å². The van der Waals surface area contributed by atoms with Crippen molar-refractivity contribution in [3.63, 3.8) is 0 Å². The highest BCUT2D eigenvalue weighted by atomic mass is 19.1. The zero-order valence-corrected chi connectivity index (χ0v) is 32.7. The van der Waals surface area contributed by atoms with Crippen LogP contribution in [0.3, 0.4) is 0 Å². The molecule has 8 aromatic heterocycles. The first kappa shape index (κ1) is 36.5. The highest BCUT2D eigenvalue weighted by Crippen LogP contribution is 2.36. The molecule has 1 N–H and O–H groups in total. The molecule has 2 atom stereocenters. The summed E-state index contributed by atoms with van der Waals surface area (Å²) in [5, 5.41) is 20.9. The lowest BCUT2D eigenvalue weighted by Crippen LogP contribution is -2.25. The highest BCUT2D eigenvalue weighted by molar-refractivity contribution is 5.82. The SMILES string of the molecule is CC(=O)N1CCC(c2nnc3ccc(-c4c(-c5ccc(F)cc5)nc5occn45)cn23)C1.Fc1ccc(-c2nc3occn3c2-c2ccc3nnc(C4CCNC4)n3c2)cc1. The van der Waals surface area contributed by atoms with Gasteiger partial charge in [0.05, 0.1) is 11.4 Å². The minimum atomic E-state index is -0.301. The molecule has 12 rings (SSSR count). The van der Waals surface area contributed by atoms with Crippen LogP contribution in [0.15, 0.2) is 119 Å². The lowest BCUT2D eigenvalue weighted by Gasteiger charge is -2.13. The van der Waals surface area contributed by atoms with Crippen molar-refractivity contribution in [2.24, 2.45) is 0 Å². The van der Waals surface area contributed by atoms with E-state index < -0.39 is 0 Å². The zero-order valence-electron chi connectivity index (χ0n) is 32.7. The van der Waals surface area contributed by atoms with Gasteiger partial charge < -0.3 is 19.1 Å². The number of amides is 1. The van der Waals surface area contributed by atoms with Gasteiger partial charge in [0, 0.05) is 85.4 Å². The summed E-state index contributed by atoms with van der Waals surface area (Å²) in [6.07, 6.45) is 12.8. The topological polar surface area (TPSA) is 154 Å². The smallest absolute Gasteiger partial charge is 0.306 e. The summed E-state index contributed by atoms with van der Waals surface area (Å²) in [6, 6.07) is 20.4. The predicted molar refractivity (Wildman–Crippen MR) is 220 cm³/mol. The summed E-state index contributed by atoms with van der Waals surface area (Å²) < 4.78 is 45.8. The number of hydrogen-bond acceptors (Lipinski definition) is 10. The number of nitrogens with one attached hydrogen (secondary N) is 1. The maximum Gasteiger partial charge on any atom is 0.306 e. The van der Waals surface area contributed by atoms with Crippen molar-refractivity contribution in [2.45, 2.75) is 31.6 Å². The fraction of sp³-hybridized carbons (Fsp3) is 0.205. The lowest BCUT2D eigenvalue weighted by atomic mass is 10.1. The third-order valence-electron chi connectivity index (χ3n) is 11.6. The van der Waals surface area contributed by atoms with Crippen LogP contribution in [0.4, 0.5) is 8.78 Å². The van der Waals surface area contributed by atoms with Gasteiger partial charge in [-0.3, -0.25) is 22.4 Å². The minimum absolute atomic E-state index is 0.0764.